The molecule has 1 aliphatic rings. The zero-order chi connectivity index (χ0) is 13.8. The van der Waals surface area contributed by atoms with Crippen LogP contribution in [0.4, 0.5) is 4.79 Å². The van der Waals surface area contributed by atoms with Gasteiger partial charge in [0.05, 0.1) is 12.5 Å². The highest BCUT2D eigenvalue weighted by Crippen LogP contribution is 2.23. The molecule has 5 heteroatoms. The van der Waals surface area contributed by atoms with Crippen LogP contribution in [0, 0.1) is 6.92 Å². The third-order valence-electron chi connectivity index (χ3n) is 3.21. The minimum absolute atomic E-state index is 0.0514. The summed E-state index contributed by atoms with van der Waals surface area (Å²) < 4.78 is 0. The van der Waals surface area contributed by atoms with E-state index in [1.165, 1.54) is 0 Å². The van der Waals surface area contributed by atoms with Crippen molar-refractivity contribution in [3.05, 3.63) is 35.4 Å². The summed E-state index contributed by atoms with van der Waals surface area (Å²) in [6.45, 7) is 1.95. The van der Waals surface area contributed by atoms with E-state index in [4.69, 9.17) is 5.73 Å². The van der Waals surface area contributed by atoms with Crippen molar-refractivity contribution >= 4 is 11.9 Å². The van der Waals surface area contributed by atoms with E-state index < -0.39 is 6.03 Å². The molecular formula is C14H19N3O2. The average Bonchev–Trinajstić information content (AvgIpc) is 3.12. The fourth-order valence-corrected chi connectivity index (χ4v) is 2.09. The van der Waals surface area contributed by atoms with Crippen molar-refractivity contribution in [1.82, 2.24) is 10.6 Å². The average molecular weight is 261 g/mol. The van der Waals surface area contributed by atoms with E-state index in [-0.39, 0.29) is 18.4 Å². The molecule has 5 nitrogen and oxygen atoms in total. The highest BCUT2D eigenvalue weighted by atomic mass is 16.2. The van der Waals surface area contributed by atoms with Crippen LogP contribution in [0.15, 0.2) is 24.3 Å². The molecular weight excluding hydrogens is 242 g/mol. The van der Waals surface area contributed by atoms with Crippen molar-refractivity contribution in [2.75, 3.05) is 0 Å². The quantitative estimate of drug-likeness (QED) is 0.748. The number of urea groups is 1. The third-order valence-corrected chi connectivity index (χ3v) is 3.21. The monoisotopic (exact) mass is 261 g/mol. The van der Waals surface area contributed by atoms with Gasteiger partial charge in [-0.3, -0.25) is 4.79 Å². The number of rotatable bonds is 5. The van der Waals surface area contributed by atoms with Crippen LogP contribution in [0.5, 0.6) is 0 Å². The second-order valence-corrected chi connectivity index (χ2v) is 4.96. The molecule has 102 valence electrons. The lowest BCUT2D eigenvalue weighted by Gasteiger charge is -2.19. The van der Waals surface area contributed by atoms with Crippen LogP contribution < -0.4 is 16.4 Å². The smallest absolute Gasteiger partial charge is 0.312 e. The number of hydrogen-bond acceptors (Lipinski definition) is 2. The summed E-state index contributed by atoms with van der Waals surface area (Å²) in [5.41, 5.74) is 7.14. The van der Waals surface area contributed by atoms with Gasteiger partial charge in [0, 0.05) is 6.04 Å². The van der Waals surface area contributed by atoms with E-state index in [2.05, 4.69) is 10.6 Å². The SMILES string of the molecule is Cc1ccccc1C(CC(=O)NC1CC1)NC(N)=O. The Morgan fingerprint density at radius 1 is 1.37 bits per heavy atom. The molecule has 0 radical (unpaired) electrons. The van der Waals surface area contributed by atoms with Gasteiger partial charge in [0.15, 0.2) is 0 Å². The zero-order valence-electron chi connectivity index (χ0n) is 11.0. The number of benzene rings is 1. The maximum atomic E-state index is 11.9. The van der Waals surface area contributed by atoms with E-state index in [9.17, 15) is 9.59 Å². The summed E-state index contributed by atoms with van der Waals surface area (Å²) >= 11 is 0. The number of nitrogens with one attached hydrogen (secondary N) is 2. The van der Waals surface area contributed by atoms with Crippen LogP contribution in [0.2, 0.25) is 0 Å². The summed E-state index contributed by atoms with van der Waals surface area (Å²) in [5, 5.41) is 5.56. The molecule has 1 aromatic rings. The second-order valence-electron chi connectivity index (χ2n) is 4.96. The summed E-state index contributed by atoms with van der Waals surface area (Å²) in [5.74, 6) is -0.0514. The maximum Gasteiger partial charge on any atom is 0.312 e. The van der Waals surface area contributed by atoms with Crippen LogP contribution >= 0.6 is 0 Å². The fourth-order valence-electron chi connectivity index (χ4n) is 2.09. The van der Waals surface area contributed by atoms with Crippen molar-refractivity contribution in [2.45, 2.75) is 38.3 Å². The first-order valence-electron chi connectivity index (χ1n) is 6.47. The zero-order valence-corrected chi connectivity index (χ0v) is 11.0. The molecule has 0 bridgehead atoms. The van der Waals surface area contributed by atoms with Gasteiger partial charge in [-0.05, 0) is 30.9 Å². The lowest BCUT2D eigenvalue weighted by atomic mass is 9.98. The molecule has 0 saturated heterocycles. The first-order valence-corrected chi connectivity index (χ1v) is 6.47. The Hall–Kier alpha value is -2.04. The van der Waals surface area contributed by atoms with Crippen LogP contribution in [-0.4, -0.2) is 18.0 Å². The molecule has 1 aromatic carbocycles. The lowest BCUT2D eigenvalue weighted by molar-refractivity contribution is -0.121. The van der Waals surface area contributed by atoms with Gasteiger partial charge in [-0.15, -0.1) is 0 Å². The van der Waals surface area contributed by atoms with Crippen LogP contribution in [-0.2, 0) is 4.79 Å². The van der Waals surface area contributed by atoms with Gasteiger partial charge in [-0.25, -0.2) is 4.79 Å². The van der Waals surface area contributed by atoms with Crippen molar-refractivity contribution in [3.63, 3.8) is 0 Å². The number of primary amides is 1. The predicted molar refractivity (Wildman–Crippen MR) is 72.4 cm³/mol. The second kappa shape index (κ2) is 5.73. The molecule has 3 amide bonds. The first kappa shape index (κ1) is 13.4. The molecule has 1 saturated carbocycles. The molecule has 4 N–H and O–H groups in total. The normalized spacial score (nSPS) is 15.6. The van der Waals surface area contributed by atoms with Crippen molar-refractivity contribution < 1.29 is 9.59 Å². The number of carbonyl (C=O) groups is 2. The molecule has 0 aliphatic heterocycles. The highest BCUT2D eigenvalue weighted by Gasteiger charge is 2.25. The molecule has 1 fully saturated rings. The summed E-state index contributed by atoms with van der Waals surface area (Å²) in [7, 11) is 0. The number of nitrogens with two attached hydrogens (primary N) is 1. The lowest BCUT2D eigenvalue weighted by Crippen LogP contribution is -2.37. The van der Waals surface area contributed by atoms with Crippen molar-refractivity contribution in [3.8, 4) is 0 Å². The minimum Gasteiger partial charge on any atom is -0.353 e. The van der Waals surface area contributed by atoms with E-state index in [0.717, 1.165) is 24.0 Å². The summed E-state index contributed by atoms with van der Waals surface area (Å²) in [6.07, 6.45) is 2.30. The maximum absolute atomic E-state index is 11.9. The molecule has 0 aromatic heterocycles. The highest BCUT2D eigenvalue weighted by molar-refractivity contribution is 5.79. The number of amides is 3. The molecule has 1 atom stereocenters. The largest absolute Gasteiger partial charge is 0.353 e. The number of aryl methyl sites for hydroxylation is 1. The standard InChI is InChI=1S/C14H19N3O2/c1-9-4-2-3-5-11(9)12(17-14(15)19)8-13(18)16-10-6-7-10/h2-5,10,12H,6-8H2,1H3,(H,16,18)(H3,15,17,19). The topological polar surface area (TPSA) is 84.2 Å². The van der Waals surface area contributed by atoms with Gasteiger partial charge in [-0.1, -0.05) is 24.3 Å². The fraction of sp³-hybridized carbons (Fsp3) is 0.429. The molecule has 1 unspecified atom stereocenters. The molecule has 0 spiro atoms. The van der Waals surface area contributed by atoms with Gasteiger partial charge in [0.25, 0.3) is 0 Å². The van der Waals surface area contributed by atoms with E-state index in [1.807, 2.05) is 31.2 Å². The Bertz CT molecular complexity index is 483. The number of hydrogen-bond donors (Lipinski definition) is 3. The Labute approximate surface area is 112 Å². The van der Waals surface area contributed by atoms with Gasteiger partial charge in [0.1, 0.15) is 0 Å². The van der Waals surface area contributed by atoms with Gasteiger partial charge < -0.3 is 16.4 Å². The van der Waals surface area contributed by atoms with Gasteiger partial charge >= 0.3 is 6.03 Å². The Balaban J connectivity index is 2.08. The Morgan fingerprint density at radius 2 is 2.05 bits per heavy atom. The summed E-state index contributed by atoms with van der Waals surface area (Å²) in [4.78, 5) is 23.0. The van der Waals surface area contributed by atoms with E-state index in [1.54, 1.807) is 0 Å². The molecule has 1 aliphatic carbocycles. The molecule has 2 rings (SSSR count). The van der Waals surface area contributed by atoms with Crippen LogP contribution in [0.3, 0.4) is 0 Å². The Kier molecular flexibility index (Phi) is 4.04. The van der Waals surface area contributed by atoms with E-state index in [0.29, 0.717) is 6.04 Å². The van der Waals surface area contributed by atoms with Crippen LogP contribution in [0.1, 0.15) is 36.4 Å². The van der Waals surface area contributed by atoms with Gasteiger partial charge in [-0.2, -0.15) is 0 Å². The predicted octanol–water partition coefficient (Wildman–Crippen LogP) is 1.37. The van der Waals surface area contributed by atoms with Crippen molar-refractivity contribution in [1.29, 1.82) is 0 Å². The van der Waals surface area contributed by atoms with Crippen molar-refractivity contribution in [2.24, 2.45) is 5.73 Å². The first-order chi connectivity index (χ1) is 9.06. The summed E-state index contributed by atoms with van der Waals surface area (Å²) in [6, 6.07) is 6.98. The molecule has 0 heterocycles. The third kappa shape index (κ3) is 3.98. The van der Waals surface area contributed by atoms with Crippen LogP contribution in [0.25, 0.3) is 0 Å². The number of carbonyl (C=O) groups excluding carboxylic acids is 2. The minimum atomic E-state index is -0.618. The van der Waals surface area contributed by atoms with E-state index >= 15 is 0 Å². The Morgan fingerprint density at radius 3 is 2.63 bits per heavy atom. The van der Waals surface area contributed by atoms with Gasteiger partial charge in [0.2, 0.25) is 5.91 Å². The molecule has 19 heavy (non-hydrogen) atoms.